The Kier molecular flexibility index (Phi) is 4.10. The molecule has 2 rings (SSSR count). The van der Waals surface area contributed by atoms with E-state index in [0.29, 0.717) is 29.5 Å². The lowest BCUT2D eigenvalue weighted by Gasteiger charge is -2.30. The Morgan fingerprint density at radius 2 is 2.21 bits per heavy atom. The number of fused-ring (bicyclic) bond motifs is 1. The van der Waals surface area contributed by atoms with Crippen LogP contribution in [0.4, 0.5) is 5.69 Å². The molecule has 1 aliphatic rings. The smallest absolute Gasteiger partial charge is 0.265 e. The molecule has 0 fully saturated rings. The number of anilines is 1. The Labute approximate surface area is 117 Å². The summed E-state index contributed by atoms with van der Waals surface area (Å²) in [6, 6.07) is 5.07. The van der Waals surface area contributed by atoms with Gasteiger partial charge in [0.15, 0.2) is 12.4 Å². The van der Waals surface area contributed by atoms with E-state index in [4.69, 9.17) is 16.3 Å². The van der Waals surface area contributed by atoms with E-state index in [9.17, 15) is 9.59 Å². The highest BCUT2D eigenvalue weighted by Gasteiger charge is 2.26. The van der Waals surface area contributed by atoms with E-state index in [2.05, 4.69) is 0 Å². The molecule has 0 N–H and O–H groups in total. The third-order valence-electron chi connectivity index (χ3n) is 2.89. The zero-order chi connectivity index (χ0) is 14.0. The molecule has 1 aliphatic heterocycles. The SMILES string of the molecule is CC(C)CN1C(=O)COc2ccc(C(=O)CCl)cc21. The van der Waals surface area contributed by atoms with Crippen LogP contribution in [0.15, 0.2) is 18.2 Å². The fraction of sp³-hybridized carbons (Fsp3) is 0.429. The van der Waals surface area contributed by atoms with Crippen molar-refractivity contribution < 1.29 is 14.3 Å². The number of ether oxygens (including phenoxy) is 1. The first-order chi connectivity index (χ1) is 9.02. The van der Waals surface area contributed by atoms with Gasteiger partial charge in [0.05, 0.1) is 11.6 Å². The minimum absolute atomic E-state index is 0.0442. The normalized spacial score (nSPS) is 14.3. The molecule has 0 saturated heterocycles. The lowest BCUT2D eigenvalue weighted by atomic mass is 10.1. The first kappa shape index (κ1) is 13.9. The minimum Gasteiger partial charge on any atom is -0.482 e. The van der Waals surface area contributed by atoms with E-state index in [-0.39, 0.29) is 24.2 Å². The number of alkyl halides is 1. The first-order valence-electron chi connectivity index (χ1n) is 6.19. The molecular formula is C14H16ClNO3. The number of amides is 1. The summed E-state index contributed by atoms with van der Waals surface area (Å²) in [7, 11) is 0. The number of benzene rings is 1. The highest BCUT2D eigenvalue weighted by molar-refractivity contribution is 6.30. The maximum atomic E-state index is 11.9. The van der Waals surface area contributed by atoms with Gasteiger partial charge in [0.25, 0.3) is 5.91 Å². The van der Waals surface area contributed by atoms with Gasteiger partial charge in [-0.05, 0) is 24.1 Å². The molecule has 0 atom stereocenters. The van der Waals surface area contributed by atoms with Crippen molar-refractivity contribution in [3.8, 4) is 5.75 Å². The highest BCUT2D eigenvalue weighted by Crippen LogP contribution is 2.33. The zero-order valence-corrected chi connectivity index (χ0v) is 11.7. The van der Waals surface area contributed by atoms with Crippen LogP contribution in [-0.2, 0) is 4.79 Å². The van der Waals surface area contributed by atoms with Crippen LogP contribution in [-0.4, -0.2) is 30.7 Å². The van der Waals surface area contributed by atoms with Crippen LogP contribution in [0.3, 0.4) is 0 Å². The number of hydrogen-bond acceptors (Lipinski definition) is 3. The van der Waals surface area contributed by atoms with E-state index in [1.807, 2.05) is 13.8 Å². The number of Topliss-reactive ketones (excluding diaryl/α,β-unsaturated/α-hetero) is 1. The third-order valence-corrected chi connectivity index (χ3v) is 3.14. The maximum Gasteiger partial charge on any atom is 0.265 e. The quantitative estimate of drug-likeness (QED) is 0.629. The van der Waals surface area contributed by atoms with Crippen molar-refractivity contribution in [2.45, 2.75) is 13.8 Å². The zero-order valence-electron chi connectivity index (χ0n) is 11.0. The number of ketones is 1. The van der Waals surface area contributed by atoms with Crippen LogP contribution in [0.1, 0.15) is 24.2 Å². The average Bonchev–Trinajstić information content (AvgIpc) is 2.40. The molecule has 0 radical (unpaired) electrons. The topological polar surface area (TPSA) is 46.6 Å². The van der Waals surface area contributed by atoms with Gasteiger partial charge in [0.2, 0.25) is 0 Å². The van der Waals surface area contributed by atoms with Crippen molar-refractivity contribution in [2.24, 2.45) is 5.92 Å². The molecule has 4 nitrogen and oxygen atoms in total. The van der Waals surface area contributed by atoms with E-state index in [1.165, 1.54) is 0 Å². The molecule has 5 heteroatoms. The maximum absolute atomic E-state index is 11.9. The number of rotatable bonds is 4. The standard InChI is InChI=1S/C14H16ClNO3/c1-9(2)7-16-11-5-10(12(17)6-15)3-4-13(11)19-8-14(16)18/h3-5,9H,6-8H2,1-2H3. The molecule has 1 aromatic rings. The van der Waals surface area contributed by atoms with Crippen LogP contribution in [0.5, 0.6) is 5.75 Å². The van der Waals surface area contributed by atoms with E-state index < -0.39 is 0 Å². The van der Waals surface area contributed by atoms with Crippen molar-refractivity contribution in [1.82, 2.24) is 0 Å². The van der Waals surface area contributed by atoms with E-state index in [0.717, 1.165) is 0 Å². The summed E-state index contributed by atoms with van der Waals surface area (Å²) < 4.78 is 5.38. The fourth-order valence-corrected chi connectivity index (χ4v) is 2.17. The molecular weight excluding hydrogens is 266 g/mol. The van der Waals surface area contributed by atoms with Crippen LogP contribution in [0.2, 0.25) is 0 Å². The van der Waals surface area contributed by atoms with Crippen molar-refractivity contribution in [2.75, 3.05) is 23.9 Å². The van der Waals surface area contributed by atoms with Crippen LogP contribution >= 0.6 is 11.6 Å². The molecule has 0 bridgehead atoms. The monoisotopic (exact) mass is 281 g/mol. The Morgan fingerprint density at radius 1 is 1.47 bits per heavy atom. The molecule has 19 heavy (non-hydrogen) atoms. The Morgan fingerprint density at radius 3 is 2.84 bits per heavy atom. The van der Waals surface area contributed by atoms with Crippen LogP contribution in [0.25, 0.3) is 0 Å². The Bertz CT molecular complexity index is 513. The first-order valence-corrected chi connectivity index (χ1v) is 6.72. The predicted molar refractivity (Wildman–Crippen MR) is 74.2 cm³/mol. The van der Waals surface area contributed by atoms with Gasteiger partial charge in [-0.3, -0.25) is 9.59 Å². The number of hydrogen-bond donors (Lipinski definition) is 0. The van der Waals surface area contributed by atoms with Crippen molar-refractivity contribution in [3.63, 3.8) is 0 Å². The summed E-state index contributed by atoms with van der Waals surface area (Å²) in [6.45, 7) is 4.72. The van der Waals surface area contributed by atoms with Gasteiger partial charge >= 0.3 is 0 Å². The molecule has 0 aromatic heterocycles. The molecule has 0 spiro atoms. The lowest BCUT2D eigenvalue weighted by Crippen LogP contribution is -2.41. The second kappa shape index (κ2) is 5.61. The number of carbonyl (C=O) groups is 2. The second-order valence-corrected chi connectivity index (χ2v) is 5.19. The molecule has 1 amide bonds. The number of carbonyl (C=O) groups excluding carboxylic acids is 2. The highest BCUT2D eigenvalue weighted by atomic mass is 35.5. The lowest BCUT2D eigenvalue weighted by molar-refractivity contribution is -0.121. The van der Waals surface area contributed by atoms with Gasteiger partial charge in [-0.1, -0.05) is 13.8 Å². The molecule has 102 valence electrons. The number of halogens is 1. The summed E-state index contributed by atoms with van der Waals surface area (Å²) in [6.07, 6.45) is 0. The average molecular weight is 282 g/mol. The van der Waals surface area contributed by atoms with Crippen molar-refractivity contribution in [1.29, 1.82) is 0 Å². The summed E-state index contributed by atoms with van der Waals surface area (Å²) in [4.78, 5) is 25.2. The number of nitrogens with zero attached hydrogens (tertiary/aromatic N) is 1. The van der Waals surface area contributed by atoms with Crippen LogP contribution < -0.4 is 9.64 Å². The largest absolute Gasteiger partial charge is 0.482 e. The van der Waals surface area contributed by atoms with Gasteiger partial charge in [-0.25, -0.2) is 0 Å². The van der Waals surface area contributed by atoms with E-state index in [1.54, 1.807) is 23.1 Å². The molecule has 0 unspecified atom stereocenters. The molecule has 0 saturated carbocycles. The van der Waals surface area contributed by atoms with Gasteiger partial charge in [-0.2, -0.15) is 0 Å². The van der Waals surface area contributed by atoms with Gasteiger partial charge in [0.1, 0.15) is 5.75 Å². The van der Waals surface area contributed by atoms with Gasteiger partial charge < -0.3 is 9.64 Å². The Hall–Kier alpha value is -1.55. The van der Waals surface area contributed by atoms with Gasteiger partial charge in [-0.15, -0.1) is 11.6 Å². The molecule has 0 aliphatic carbocycles. The molecule has 1 aromatic carbocycles. The summed E-state index contributed by atoms with van der Waals surface area (Å²) >= 11 is 5.56. The summed E-state index contributed by atoms with van der Waals surface area (Å²) in [5.41, 5.74) is 1.15. The van der Waals surface area contributed by atoms with Gasteiger partial charge in [0, 0.05) is 12.1 Å². The summed E-state index contributed by atoms with van der Waals surface area (Å²) in [5, 5.41) is 0. The second-order valence-electron chi connectivity index (χ2n) is 4.93. The Balaban J connectivity index is 2.40. The van der Waals surface area contributed by atoms with Crippen molar-refractivity contribution >= 4 is 29.0 Å². The predicted octanol–water partition coefficient (Wildman–Crippen LogP) is 2.49. The summed E-state index contributed by atoms with van der Waals surface area (Å²) in [5.74, 6) is 0.648. The van der Waals surface area contributed by atoms with E-state index >= 15 is 0 Å². The third kappa shape index (κ3) is 2.89. The van der Waals surface area contributed by atoms with Crippen molar-refractivity contribution in [3.05, 3.63) is 23.8 Å². The minimum atomic E-state index is -0.160. The fourth-order valence-electron chi connectivity index (χ4n) is 2.02. The molecule has 1 heterocycles. The van der Waals surface area contributed by atoms with Crippen LogP contribution in [0, 0.1) is 5.92 Å².